The number of pyridine rings is 2. The first-order chi connectivity index (χ1) is 14.3. The quantitative estimate of drug-likeness (QED) is 0.435. The summed E-state index contributed by atoms with van der Waals surface area (Å²) in [5.74, 6) is 0.530. The van der Waals surface area contributed by atoms with Crippen molar-refractivity contribution in [1.82, 2.24) is 24.9 Å². The average Bonchev–Trinajstić information content (AvgIpc) is 3.10. The van der Waals surface area contributed by atoms with E-state index >= 15 is 0 Å². The molecule has 0 amide bonds. The van der Waals surface area contributed by atoms with Gasteiger partial charge >= 0.3 is 0 Å². The lowest BCUT2D eigenvalue weighted by Gasteiger charge is -2.15. The number of aryl methyl sites for hydroxylation is 1. The summed E-state index contributed by atoms with van der Waals surface area (Å²) in [6.45, 7) is 8.03. The van der Waals surface area contributed by atoms with Crippen molar-refractivity contribution in [3.8, 4) is 11.3 Å². The molecule has 4 heterocycles. The molecule has 1 unspecified atom stereocenters. The van der Waals surface area contributed by atoms with Crippen LogP contribution >= 0.6 is 11.6 Å². The molecule has 0 aliphatic carbocycles. The lowest BCUT2D eigenvalue weighted by atomic mass is 9.92. The average molecular weight is 423 g/mol. The van der Waals surface area contributed by atoms with Crippen LogP contribution in [-0.2, 0) is 0 Å². The smallest absolute Gasteiger partial charge is 0.261 e. The Morgan fingerprint density at radius 1 is 1.10 bits per heavy atom. The van der Waals surface area contributed by atoms with Gasteiger partial charge in [-0.3, -0.25) is 14.8 Å². The minimum Gasteiger partial charge on any atom is -0.354 e. The lowest BCUT2D eigenvalue weighted by Crippen LogP contribution is -2.18. The molecule has 0 spiro atoms. The lowest BCUT2D eigenvalue weighted by molar-refractivity contribution is 0.870. The predicted octanol–water partition coefficient (Wildman–Crippen LogP) is 4.64. The van der Waals surface area contributed by atoms with E-state index in [-0.39, 0.29) is 17.5 Å². The van der Waals surface area contributed by atoms with Crippen molar-refractivity contribution in [3.63, 3.8) is 0 Å². The fourth-order valence-corrected chi connectivity index (χ4v) is 3.79. The zero-order valence-corrected chi connectivity index (χ0v) is 18.0. The van der Waals surface area contributed by atoms with Crippen LogP contribution in [0.3, 0.4) is 0 Å². The van der Waals surface area contributed by atoms with Gasteiger partial charge in [0.25, 0.3) is 5.56 Å². The van der Waals surface area contributed by atoms with E-state index in [1.54, 1.807) is 12.4 Å². The third kappa shape index (κ3) is 3.80. The van der Waals surface area contributed by atoms with Crippen molar-refractivity contribution in [1.29, 1.82) is 0 Å². The molecule has 0 bridgehead atoms. The highest BCUT2D eigenvalue weighted by Gasteiger charge is 2.18. The first-order valence-corrected chi connectivity index (χ1v) is 10.2. The van der Waals surface area contributed by atoms with Crippen LogP contribution in [0.1, 0.15) is 43.5 Å². The largest absolute Gasteiger partial charge is 0.354 e. The van der Waals surface area contributed by atoms with Crippen molar-refractivity contribution in [3.05, 3.63) is 69.0 Å². The van der Waals surface area contributed by atoms with Gasteiger partial charge in [-0.15, -0.1) is 0 Å². The molecule has 0 saturated heterocycles. The first-order valence-electron chi connectivity index (χ1n) is 9.79. The summed E-state index contributed by atoms with van der Waals surface area (Å²) in [6, 6.07) is 5.97. The van der Waals surface area contributed by atoms with Gasteiger partial charge in [-0.2, -0.15) is 0 Å². The van der Waals surface area contributed by atoms with E-state index in [0.29, 0.717) is 22.2 Å². The van der Waals surface area contributed by atoms with Crippen LogP contribution in [0, 0.1) is 6.92 Å². The second-order valence-electron chi connectivity index (χ2n) is 7.66. The molecular formula is C22H23ClN6O. The van der Waals surface area contributed by atoms with E-state index in [9.17, 15) is 4.79 Å². The van der Waals surface area contributed by atoms with E-state index in [0.717, 1.165) is 27.9 Å². The Labute approximate surface area is 179 Å². The molecule has 0 fully saturated rings. The number of hydrogen-bond donors (Lipinski definition) is 3. The first kappa shape index (κ1) is 20.1. The fraction of sp³-hybridized carbons (Fsp3) is 0.273. The van der Waals surface area contributed by atoms with Crippen LogP contribution in [0.2, 0.25) is 5.02 Å². The molecule has 0 aromatic carbocycles. The number of halogens is 1. The summed E-state index contributed by atoms with van der Waals surface area (Å²) in [7, 11) is 0. The molecule has 7 nitrogen and oxygen atoms in total. The molecule has 154 valence electrons. The monoisotopic (exact) mass is 422 g/mol. The molecular weight excluding hydrogens is 400 g/mol. The van der Waals surface area contributed by atoms with Gasteiger partial charge in [0.1, 0.15) is 5.65 Å². The molecule has 0 aliphatic heterocycles. The molecule has 0 saturated carbocycles. The van der Waals surface area contributed by atoms with Crippen LogP contribution < -0.4 is 10.9 Å². The highest BCUT2D eigenvalue weighted by molar-refractivity contribution is 6.31. The van der Waals surface area contributed by atoms with Gasteiger partial charge in [-0.1, -0.05) is 24.6 Å². The zero-order valence-electron chi connectivity index (χ0n) is 17.2. The number of hydrogen-bond acceptors (Lipinski definition) is 5. The minimum absolute atomic E-state index is 0.0783. The number of rotatable bonds is 5. The fourth-order valence-electron chi connectivity index (χ4n) is 3.63. The van der Waals surface area contributed by atoms with E-state index in [4.69, 9.17) is 16.6 Å². The Bertz CT molecular complexity index is 1280. The second kappa shape index (κ2) is 7.91. The molecule has 3 N–H and O–H groups in total. The van der Waals surface area contributed by atoms with Crippen LogP contribution in [0.4, 0.5) is 5.95 Å². The predicted molar refractivity (Wildman–Crippen MR) is 120 cm³/mol. The Kier molecular flexibility index (Phi) is 5.30. The second-order valence-corrected chi connectivity index (χ2v) is 8.10. The Hall–Kier alpha value is -3.19. The third-order valence-corrected chi connectivity index (χ3v) is 5.30. The molecule has 30 heavy (non-hydrogen) atoms. The Balaban J connectivity index is 1.68. The van der Waals surface area contributed by atoms with Crippen molar-refractivity contribution in [2.75, 3.05) is 5.32 Å². The number of H-pyrrole nitrogens is 2. The van der Waals surface area contributed by atoms with Gasteiger partial charge in [0.05, 0.1) is 16.3 Å². The van der Waals surface area contributed by atoms with Crippen LogP contribution in [0.5, 0.6) is 0 Å². The summed E-state index contributed by atoms with van der Waals surface area (Å²) >= 11 is 6.14. The summed E-state index contributed by atoms with van der Waals surface area (Å²) in [6.07, 6.45) is 5.15. The van der Waals surface area contributed by atoms with Gasteiger partial charge < -0.3 is 10.3 Å². The number of aromatic amines is 2. The normalized spacial score (nSPS) is 12.5. The standard InChI is InChI=1S/C22H23ClN6O/c1-11(2)27-22-26-10-18(21(30)29-22)19-6-5-15(13(4)28-19)12(3)17-9-25-20-16(17)7-14(23)8-24-20/h5-12H,1-4H3,(H,24,25)(H2,26,27,29,30). The molecule has 4 aromatic heterocycles. The van der Waals surface area contributed by atoms with E-state index in [1.165, 1.54) is 0 Å². The van der Waals surface area contributed by atoms with Crippen molar-refractivity contribution in [2.24, 2.45) is 0 Å². The maximum absolute atomic E-state index is 12.5. The van der Waals surface area contributed by atoms with Crippen molar-refractivity contribution >= 4 is 28.6 Å². The number of nitrogens with zero attached hydrogens (tertiary/aromatic N) is 3. The molecule has 0 radical (unpaired) electrons. The highest BCUT2D eigenvalue weighted by Crippen LogP contribution is 2.32. The molecule has 1 atom stereocenters. The van der Waals surface area contributed by atoms with E-state index in [1.807, 2.05) is 45.2 Å². The van der Waals surface area contributed by atoms with Crippen molar-refractivity contribution in [2.45, 2.75) is 39.7 Å². The summed E-state index contributed by atoms with van der Waals surface area (Å²) in [5.41, 5.74) is 4.64. The third-order valence-electron chi connectivity index (χ3n) is 5.09. The number of nitrogens with one attached hydrogen (secondary N) is 3. The van der Waals surface area contributed by atoms with Gasteiger partial charge in [-0.05, 0) is 44.0 Å². The van der Waals surface area contributed by atoms with Crippen LogP contribution in [-0.4, -0.2) is 31.0 Å². The minimum atomic E-state index is -0.224. The highest BCUT2D eigenvalue weighted by atomic mass is 35.5. The van der Waals surface area contributed by atoms with Gasteiger partial charge in [0, 0.05) is 41.6 Å². The Morgan fingerprint density at radius 2 is 1.90 bits per heavy atom. The molecule has 4 rings (SSSR count). The maximum Gasteiger partial charge on any atom is 0.261 e. The van der Waals surface area contributed by atoms with E-state index in [2.05, 4.69) is 32.2 Å². The Morgan fingerprint density at radius 3 is 2.60 bits per heavy atom. The van der Waals surface area contributed by atoms with Crippen LogP contribution in [0.15, 0.2) is 41.6 Å². The summed E-state index contributed by atoms with van der Waals surface area (Å²) < 4.78 is 0. The van der Waals surface area contributed by atoms with Crippen molar-refractivity contribution < 1.29 is 0 Å². The molecule has 8 heteroatoms. The maximum atomic E-state index is 12.5. The van der Waals surface area contributed by atoms with Gasteiger partial charge in [-0.25, -0.2) is 9.97 Å². The van der Waals surface area contributed by atoms with E-state index < -0.39 is 0 Å². The zero-order chi connectivity index (χ0) is 21.4. The summed E-state index contributed by atoms with van der Waals surface area (Å²) in [4.78, 5) is 31.8. The molecule has 4 aromatic rings. The summed E-state index contributed by atoms with van der Waals surface area (Å²) in [5, 5.41) is 4.68. The molecule has 0 aliphatic rings. The van der Waals surface area contributed by atoms with Gasteiger partial charge in [0.15, 0.2) is 0 Å². The van der Waals surface area contributed by atoms with Crippen LogP contribution in [0.25, 0.3) is 22.3 Å². The number of anilines is 1. The topological polar surface area (TPSA) is 99.4 Å². The number of fused-ring (bicyclic) bond motifs is 1. The number of aromatic nitrogens is 5. The SMILES string of the molecule is Cc1nc(-c2cnc(NC(C)C)[nH]c2=O)ccc1C(C)c1c[nH]c2ncc(Cl)cc12. The van der Waals surface area contributed by atoms with Gasteiger partial charge in [0.2, 0.25) is 5.95 Å².